The Bertz CT molecular complexity index is 487. The number of benzene rings is 1. The van der Waals surface area contributed by atoms with E-state index in [0.29, 0.717) is 0 Å². The van der Waals surface area contributed by atoms with Gasteiger partial charge >= 0.3 is 0 Å². The van der Waals surface area contributed by atoms with Crippen molar-refractivity contribution in [2.45, 2.75) is 26.4 Å². The van der Waals surface area contributed by atoms with Gasteiger partial charge in [0.25, 0.3) is 0 Å². The SMILES string of the molecule is CC(=O)NCC(C)(O)C(=O)/C=C/c1ccc(C)cc1. The van der Waals surface area contributed by atoms with Gasteiger partial charge in [0.15, 0.2) is 5.78 Å². The Hall–Kier alpha value is -1.94. The van der Waals surface area contributed by atoms with Crippen molar-refractivity contribution in [3.8, 4) is 0 Å². The number of hydrogen-bond donors (Lipinski definition) is 2. The molecule has 0 aliphatic heterocycles. The summed E-state index contributed by atoms with van der Waals surface area (Å²) < 4.78 is 0. The Morgan fingerprint density at radius 2 is 1.89 bits per heavy atom. The zero-order valence-corrected chi connectivity index (χ0v) is 11.4. The molecule has 1 unspecified atom stereocenters. The molecule has 0 aliphatic rings. The Morgan fingerprint density at radius 1 is 1.32 bits per heavy atom. The van der Waals surface area contributed by atoms with Crippen LogP contribution in [0.25, 0.3) is 6.08 Å². The van der Waals surface area contributed by atoms with Crippen molar-refractivity contribution >= 4 is 17.8 Å². The van der Waals surface area contributed by atoms with Gasteiger partial charge < -0.3 is 10.4 Å². The molecule has 0 spiro atoms. The van der Waals surface area contributed by atoms with E-state index in [-0.39, 0.29) is 12.5 Å². The van der Waals surface area contributed by atoms with E-state index < -0.39 is 11.4 Å². The van der Waals surface area contributed by atoms with Crippen molar-refractivity contribution in [3.63, 3.8) is 0 Å². The third-order valence-electron chi connectivity index (χ3n) is 2.72. The van der Waals surface area contributed by atoms with Gasteiger partial charge in [-0.25, -0.2) is 0 Å². The van der Waals surface area contributed by atoms with Gasteiger partial charge in [-0.15, -0.1) is 0 Å². The number of aryl methyl sites for hydroxylation is 1. The molecule has 0 fully saturated rings. The lowest BCUT2D eigenvalue weighted by Gasteiger charge is -2.19. The molecule has 0 radical (unpaired) electrons. The third-order valence-corrected chi connectivity index (χ3v) is 2.72. The van der Waals surface area contributed by atoms with E-state index >= 15 is 0 Å². The molecule has 0 heterocycles. The van der Waals surface area contributed by atoms with Gasteiger partial charge in [0.05, 0.1) is 6.54 Å². The van der Waals surface area contributed by atoms with Crippen LogP contribution in [0.1, 0.15) is 25.0 Å². The van der Waals surface area contributed by atoms with E-state index in [0.717, 1.165) is 11.1 Å². The van der Waals surface area contributed by atoms with Crippen molar-refractivity contribution < 1.29 is 14.7 Å². The second kappa shape index (κ2) is 6.29. The minimum atomic E-state index is -1.59. The summed E-state index contributed by atoms with van der Waals surface area (Å²) in [6, 6.07) is 7.67. The molecule has 0 saturated heterocycles. The van der Waals surface area contributed by atoms with Gasteiger partial charge in [0.1, 0.15) is 5.60 Å². The minimum Gasteiger partial charge on any atom is -0.380 e. The molecule has 1 amide bonds. The van der Waals surface area contributed by atoms with E-state index in [9.17, 15) is 14.7 Å². The second-order valence-electron chi connectivity index (χ2n) is 4.79. The smallest absolute Gasteiger partial charge is 0.216 e. The molecule has 0 aromatic heterocycles. The summed E-state index contributed by atoms with van der Waals surface area (Å²) in [6.07, 6.45) is 2.97. The molecule has 0 bridgehead atoms. The van der Waals surface area contributed by atoms with Crippen LogP contribution in [0.15, 0.2) is 30.3 Å². The summed E-state index contributed by atoms with van der Waals surface area (Å²) in [6.45, 7) is 4.60. The standard InChI is InChI=1S/C15H19NO3/c1-11-4-6-13(7-5-11)8-9-14(18)15(3,19)10-16-12(2)17/h4-9,19H,10H2,1-3H3,(H,16,17)/b9-8+. The average Bonchev–Trinajstić information content (AvgIpc) is 2.35. The van der Waals surface area contributed by atoms with Crippen LogP contribution in [0.3, 0.4) is 0 Å². The Morgan fingerprint density at radius 3 is 2.42 bits per heavy atom. The predicted octanol–water partition coefficient (Wildman–Crippen LogP) is 1.46. The normalized spacial score (nSPS) is 14.1. The summed E-state index contributed by atoms with van der Waals surface area (Å²) >= 11 is 0. The topological polar surface area (TPSA) is 66.4 Å². The highest BCUT2D eigenvalue weighted by atomic mass is 16.3. The number of rotatable bonds is 5. The second-order valence-corrected chi connectivity index (χ2v) is 4.79. The fraction of sp³-hybridized carbons (Fsp3) is 0.333. The summed E-state index contributed by atoms with van der Waals surface area (Å²) in [5, 5.41) is 12.4. The molecule has 0 saturated carbocycles. The molecule has 1 aromatic carbocycles. The van der Waals surface area contributed by atoms with Crippen molar-refractivity contribution in [1.82, 2.24) is 5.32 Å². The molecular formula is C15H19NO3. The predicted molar refractivity (Wildman–Crippen MR) is 74.5 cm³/mol. The molecule has 4 nitrogen and oxygen atoms in total. The molecule has 102 valence electrons. The number of aliphatic hydroxyl groups is 1. The highest BCUT2D eigenvalue weighted by molar-refractivity contribution is 6.00. The third kappa shape index (κ3) is 5.06. The van der Waals surface area contributed by atoms with Gasteiger partial charge in [0, 0.05) is 6.92 Å². The maximum absolute atomic E-state index is 11.8. The summed E-state index contributed by atoms with van der Waals surface area (Å²) in [7, 11) is 0. The number of amides is 1. The average molecular weight is 261 g/mol. The van der Waals surface area contributed by atoms with Gasteiger partial charge in [-0.2, -0.15) is 0 Å². The summed E-state index contributed by atoms with van der Waals surface area (Å²) in [5.41, 5.74) is 0.433. The maximum Gasteiger partial charge on any atom is 0.216 e. The minimum absolute atomic E-state index is 0.0978. The number of hydrogen-bond acceptors (Lipinski definition) is 3. The molecule has 4 heteroatoms. The van der Waals surface area contributed by atoms with Crippen molar-refractivity contribution in [3.05, 3.63) is 41.5 Å². The molecular weight excluding hydrogens is 242 g/mol. The maximum atomic E-state index is 11.8. The molecule has 0 aliphatic carbocycles. The van der Waals surface area contributed by atoms with Crippen LogP contribution in [0, 0.1) is 6.92 Å². The lowest BCUT2D eigenvalue weighted by atomic mass is 9.99. The van der Waals surface area contributed by atoms with E-state index in [1.165, 1.54) is 19.9 Å². The van der Waals surface area contributed by atoms with Crippen LogP contribution in [-0.4, -0.2) is 28.9 Å². The van der Waals surface area contributed by atoms with E-state index in [4.69, 9.17) is 0 Å². The van der Waals surface area contributed by atoms with Crippen LogP contribution < -0.4 is 5.32 Å². The van der Waals surface area contributed by atoms with Crippen molar-refractivity contribution in [2.24, 2.45) is 0 Å². The lowest BCUT2D eigenvalue weighted by Crippen LogP contribution is -2.45. The summed E-state index contributed by atoms with van der Waals surface area (Å²) in [5.74, 6) is -0.725. The van der Waals surface area contributed by atoms with Crippen LogP contribution in [0.4, 0.5) is 0 Å². The fourth-order valence-corrected chi connectivity index (χ4v) is 1.41. The molecule has 1 aromatic rings. The van der Waals surface area contributed by atoms with E-state index in [1.807, 2.05) is 31.2 Å². The molecule has 2 N–H and O–H groups in total. The molecule has 1 rings (SSSR count). The zero-order chi connectivity index (χ0) is 14.5. The van der Waals surface area contributed by atoms with Crippen LogP contribution >= 0.6 is 0 Å². The molecule has 19 heavy (non-hydrogen) atoms. The van der Waals surface area contributed by atoms with Gasteiger partial charge in [-0.05, 0) is 25.5 Å². The summed E-state index contributed by atoms with van der Waals surface area (Å²) in [4.78, 5) is 22.6. The zero-order valence-electron chi connectivity index (χ0n) is 11.4. The number of ketones is 1. The van der Waals surface area contributed by atoms with Crippen molar-refractivity contribution in [2.75, 3.05) is 6.54 Å². The van der Waals surface area contributed by atoms with Crippen LogP contribution in [-0.2, 0) is 9.59 Å². The molecule has 1 atom stereocenters. The quantitative estimate of drug-likeness (QED) is 0.789. The highest BCUT2D eigenvalue weighted by Gasteiger charge is 2.27. The number of nitrogens with one attached hydrogen (secondary N) is 1. The fourth-order valence-electron chi connectivity index (χ4n) is 1.41. The van der Waals surface area contributed by atoms with E-state index in [1.54, 1.807) is 6.08 Å². The Kier molecular flexibility index (Phi) is 5.01. The first-order chi connectivity index (χ1) is 8.81. The number of carbonyl (C=O) groups is 2. The van der Waals surface area contributed by atoms with Crippen LogP contribution in [0.2, 0.25) is 0 Å². The first kappa shape index (κ1) is 15.1. The van der Waals surface area contributed by atoms with Gasteiger partial charge in [-0.1, -0.05) is 35.9 Å². The van der Waals surface area contributed by atoms with Crippen LogP contribution in [0.5, 0.6) is 0 Å². The monoisotopic (exact) mass is 261 g/mol. The van der Waals surface area contributed by atoms with Gasteiger partial charge in [-0.3, -0.25) is 9.59 Å². The first-order valence-electron chi connectivity index (χ1n) is 6.07. The largest absolute Gasteiger partial charge is 0.380 e. The Balaban J connectivity index is 2.67. The Labute approximate surface area is 113 Å². The van der Waals surface area contributed by atoms with Gasteiger partial charge in [0.2, 0.25) is 5.91 Å². The van der Waals surface area contributed by atoms with Crippen molar-refractivity contribution in [1.29, 1.82) is 0 Å². The van der Waals surface area contributed by atoms with E-state index in [2.05, 4.69) is 5.32 Å². The first-order valence-corrected chi connectivity index (χ1v) is 6.07. The number of carbonyl (C=O) groups excluding carboxylic acids is 2. The lowest BCUT2D eigenvalue weighted by molar-refractivity contribution is -0.131. The highest BCUT2D eigenvalue weighted by Crippen LogP contribution is 2.09.